The summed E-state index contributed by atoms with van der Waals surface area (Å²) in [6, 6.07) is 8.16. The molecule has 0 saturated carbocycles. The lowest BCUT2D eigenvalue weighted by atomic mass is 9.72. The number of carbonyl (C=O) groups is 1. The van der Waals surface area contributed by atoms with Gasteiger partial charge in [-0.25, -0.2) is 19.4 Å². The monoisotopic (exact) mass is 604 g/mol. The summed E-state index contributed by atoms with van der Waals surface area (Å²) in [5.41, 5.74) is 1.74. The zero-order valence-corrected chi connectivity index (χ0v) is 22.4. The van der Waals surface area contributed by atoms with E-state index in [4.69, 9.17) is 14.5 Å². The average Bonchev–Trinajstić information content (AvgIpc) is 3.26. The van der Waals surface area contributed by atoms with E-state index in [9.17, 15) is 9.90 Å². The van der Waals surface area contributed by atoms with Crippen LogP contribution in [-0.2, 0) is 4.74 Å². The zero-order valence-electron chi connectivity index (χ0n) is 20.3. The van der Waals surface area contributed by atoms with E-state index in [1.807, 2.05) is 42.9 Å². The van der Waals surface area contributed by atoms with Crippen LogP contribution >= 0.6 is 22.6 Å². The van der Waals surface area contributed by atoms with Gasteiger partial charge in [-0.1, -0.05) is 18.2 Å². The molecular weight excluding hydrogens is 575 g/mol. The fraction of sp³-hybridized carbons (Fsp3) is 0.520. The Balaban J connectivity index is 1.25. The number of nitrogens with zero attached hydrogens (tertiary/aromatic N) is 5. The largest absolute Gasteiger partial charge is 0.486 e. The van der Waals surface area contributed by atoms with Gasteiger partial charge in [0.15, 0.2) is 15.6 Å². The molecule has 190 valence electrons. The maximum Gasteiger partial charge on any atom is 0.405 e. The Labute approximate surface area is 222 Å². The predicted octanol–water partition coefficient (Wildman–Crippen LogP) is 4.30. The molecule has 0 bridgehead atoms. The van der Waals surface area contributed by atoms with Crippen molar-refractivity contribution in [2.75, 3.05) is 24.6 Å². The molecule has 6 rings (SSSR count). The minimum atomic E-state index is -1.01. The fourth-order valence-electron chi connectivity index (χ4n) is 5.78. The summed E-state index contributed by atoms with van der Waals surface area (Å²) in [5, 5.41) is 16.7. The van der Waals surface area contributed by atoms with Crippen molar-refractivity contribution in [1.29, 1.82) is 0 Å². The third-order valence-corrected chi connectivity index (χ3v) is 8.36. The number of benzene rings is 1. The Morgan fingerprint density at radius 3 is 2.75 bits per heavy atom. The first-order valence-corrected chi connectivity index (χ1v) is 13.4. The van der Waals surface area contributed by atoms with Gasteiger partial charge in [0.25, 0.3) is 0 Å². The van der Waals surface area contributed by atoms with Gasteiger partial charge in [0.1, 0.15) is 22.7 Å². The zero-order chi connectivity index (χ0) is 25.1. The van der Waals surface area contributed by atoms with E-state index in [-0.39, 0.29) is 17.7 Å². The summed E-state index contributed by atoms with van der Waals surface area (Å²) in [4.78, 5) is 23.3. The molecule has 2 atom stereocenters. The highest BCUT2D eigenvalue weighted by molar-refractivity contribution is 14.1. The number of ether oxygens (including phenoxy) is 2. The van der Waals surface area contributed by atoms with Gasteiger partial charge in [0, 0.05) is 49.4 Å². The van der Waals surface area contributed by atoms with Gasteiger partial charge in [-0.15, -0.1) is 0 Å². The first-order chi connectivity index (χ1) is 17.2. The fourth-order valence-corrected chi connectivity index (χ4v) is 6.39. The standard InChI is InChI=1S/C25H29IN6O4/c1-24(2,29-23(33)34)13-16-15-5-3-4-6-17(15)36-25(16)8-10-31(11-9-25)18-14-27-20-21(26)30-32(22(20)28-18)19-7-12-35-19/h3-6,14,16,19,29H,7-13H2,1-2H3,(H,33,34)/t16-,19?/m1/s1. The number of halogens is 1. The quantitative estimate of drug-likeness (QED) is 0.415. The molecule has 3 aliphatic rings. The first kappa shape index (κ1) is 23.7. The molecule has 5 heterocycles. The minimum absolute atomic E-state index is 0.0703. The van der Waals surface area contributed by atoms with Crippen LogP contribution in [0.15, 0.2) is 30.5 Å². The lowest BCUT2D eigenvalue weighted by Gasteiger charge is -2.44. The van der Waals surface area contributed by atoms with E-state index < -0.39 is 11.6 Å². The van der Waals surface area contributed by atoms with Crippen molar-refractivity contribution in [3.05, 3.63) is 39.7 Å². The van der Waals surface area contributed by atoms with Crippen LogP contribution in [0.3, 0.4) is 0 Å². The predicted molar refractivity (Wildman–Crippen MR) is 141 cm³/mol. The molecule has 3 aromatic rings. The van der Waals surface area contributed by atoms with Crippen molar-refractivity contribution in [1.82, 2.24) is 25.1 Å². The van der Waals surface area contributed by atoms with Crippen molar-refractivity contribution in [2.45, 2.75) is 62.8 Å². The maximum atomic E-state index is 11.4. The molecule has 2 saturated heterocycles. The van der Waals surface area contributed by atoms with E-state index in [1.54, 1.807) is 0 Å². The number of hydrogen-bond donors (Lipinski definition) is 2. The second-order valence-corrected chi connectivity index (χ2v) is 11.5. The molecule has 0 aliphatic carbocycles. The molecule has 2 aromatic heterocycles. The Bertz CT molecular complexity index is 1320. The SMILES string of the molecule is CC(C)(C[C@@H]1c2ccccc2OC12CCN(c1cnc3c(I)nn(C4CCO4)c3n1)CC2)NC(=O)O. The number of para-hydroxylation sites is 1. The van der Waals surface area contributed by atoms with Crippen LogP contribution < -0.4 is 15.0 Å². The highest BCUT2D eigenvalue weighted by atomic mass is 127. The van der Waals surface area contributed by atoms with Crippen molar-refractivity contribution in [2.24, 2.45) is 0 Å². The lowest BCUT2D eigenvalue weighted by molar-refractivity contribution is -0.104. The van der Waals surface area contributed by atoms with Gasteiger partial charge in [-0.3, -0.25) is 0 Å². The number of hydrogen-bond acceptors (Lipinski definition) is 7. The molecule has 1 amide bonds. The van der Waals surface area contributed by atoms with Crippen LogP contribution in [0.1, 0.15) is 57.2 Å². The molecule has 0 radical (unpaired) electrons. The molecule has 1 aromatic carbocycles. The van der Waals surface area contributed by atoms with Gasteiger partial charge in [0.2, 0.25) is 0 Å². The van der Waals surface area contributed by atoms with E-state index in [2.05, 4.69) is 49.0 Å². The normalized spacial score (nSPS) is 22.8. The van der Waals surface area contributed by atoms with Crippen molar-refractivity contribution in [3.8, 4) is 5.75 Å². The van der Waals surface area contributed by atoms with Gasteiger partial charge < -0.3 is 24.8 Å². The minimum Gasteiger partial charge on any atom is -0.486 e. The number of fused-ring (bicyclic) bond motifs is 2. The maximum absolute atomic E-state index is 11.4. The van der Waals surface area contributed by atoms with Crippen LogP contribution in [0.2, 0.25) is 0 Å². The Morgan fingerprint density at radius 2 is 2.06 bits per heavy atom. The first-order valence-electron chi connectivity index (χ1n) is 12.3. The number of anilines is 1. The van der Waals surface area contributed by atoms with Gasteiger partial charge in [-0.05, 0) is 48.9 Å². The van der Waals surface area contributed by atoms with Crippen LogP contribution in [0.4, 0.5) is 10.6 Å². The van der Waals surface area contributed by atoms with Gasteiger partial charge in [-0.2, -0.15) is 5.10 Å². The number of nitrogens with one attached hydrogen (secondary N) is 1. The third-order valence-electron chi connectivity index (χ3n) is 7.63. The number of aromatic nitrogens is 4. The number of amides is 1. The van der Waals surface area contributed by atoms with Gasteiger partial charge in [0.05, 0.1) is 12.8 Å². The van der Waals surface area contributed by atoms with Crippen molar-refractivity contribution in [3.63, 3.8) is 0 Å². The molecule has 10 nitrogen and oxygen atoms in total. The smallest absolute Gasteiger partial charge is 0.405 e. The second kappa shape index (κ2) is 8.72. The molecule has 3 aliphatic heterocycles. The second-order valence-electron chi connectivity index (χ2n) is 10.5. The number of rotatable bonds is 5. The Hall–Kier alpha value is -2.67. The van der Waals surface area contributed by atoms with Crippen LogP contribution in [0.5, 0.6) is 5.75 Å². The summed E-state index contributed by atoms with van der Waals surface area (Å²) in [6.45, 7) is 6.15. The molecule has 2 fully saturated rings. The van der Waals surface area contributed by atoms with E-state index >= 15 is 0 Å². The topological polar surface area (TPSA) is 115 Å². The number of piperidine rings is 1. The number of carboxylic acid groups (broad SMARTS) is 1. The van der Waals surface area contributed by atoms with E-state index in [0.717, 1.165) is 71.0 Å². The highest BCUT2D eigenvalue weighted by Crippen LogP contribution is 2.52. The Morgan fingerprint density at radius 1 is 1.31 bits per heavy atom. The van der Waals surface area contributed by atoms with E-state index in [1.165, 1.54) is 0 Å². The van der Waals surface area contributed by atoms with E-state index in [0.29, 0.717) is 6.42 Å². The van der Waals surface area contributed by atoms with Crippen LogP contribution in [0, 0.1) is 3.70 Å². The lowest BCUT2D eigenvalue weighted by Crippen LogP contribution is -2.52. The summed E-state index contributed by atoms with van der Waals surface area (Å²) in [7, 11) is 0. The molecule has 1 unspecified atom stereocenters. The summed E-state index contributed by atoms with van der Waals surface area (Å²) < 4.78 is 15.0. The van der Waals surface area contributed by atoms with Crippen LogP contribution in [-0.4, -0.2) is 61.8 Å². The molecular formula is C25H29IN6O4. The van der Waals surface area contributed by atoms with Gasteiger partial charge >= 0.3 is 6.09 Å². The van der Waals surface area contributed by atoms with Crippen molar-refractivity contribution < 1.29 is 19.4 Å². The summed E-state index contributed by atoms with van der Waals surface area (Å²) in [5.74, 6) is 1.82. The molecule has 1 spiro atoms. The molecule has 2 N–H and O–H groups in total. The molecule has 36 heavy (non-hydrogen) atoms. The average molecular weight is 604 g/mol. The Kier molecular flexibility index (Phi) is 5.74. The summed E-state index contributed by atoms with van der Waals surface area (Å²) >= 11 is 2.20. The van der Waals surface area contributed by atoms with Crippen LogP contribution in [0.25, 0.3) is 11.2 Å². The molecule has 11 heteroatoms. The highest BCUT2D eigenvalue weighted by Gasteiger charge is 2.51. The summed E-state index contributed by atoms with van der Waals surface area (Å²) in [6.07, 6.45) is 3.94. The third kappa shape index (κ3) is 4.05. The van der Waals surface area contributed by atoms with Crippen molar-refractivity contribution >= 4 is 45.7 Å².